The highest BCUT2D eigenvalue weighted by Gasteiger charge is 2.15. The molecule has 0 saturated heterocycles. The second-order valence-electron chi connectivity index (χ2n) is 6.09. The summed E-state index contributed by atoms with van der Waals surface area (Å²) >= 11 is 6.35. The predicted molar refractivity (Wildman–Crippen MR) is 116 cm³/mol. The van der Waals surface area contributed by atoms with Crippen LogP contribution in [-0.2, 0) is 12.3 Å². The van der Waals surface area contributed by atoms with E-state index in [9.17, 15) is 4.79 Å². The minimum absolute atomic E-state index is 0.0662. The van der Waals surface area contributed by atoms with E-state index in [0.717, 1.165) is 38.5 Å². The average Bonchev–Trinajstić information content (AvgIpc) is 3.05. The fourth-order valence-electron chi connectivity index (χ4n) is 2.61. The molecule has 0 aliphatic heterocycles. The van der Waals surface area contributed by atoms with Gasteiger partial charge in [-0.15, -0.1) is 10.2 Å². The van der Waals surface area contributed by atoms with Gasteiger partial charge in [0.05, 0.1) is 11.5 Å². The molecule has 0 radical (unpaired) electrons. The number of halogens is 1. The van der Waals surface area contributed by atoms with E-state index in [1.165, 1.54) is 11.8 Å². The molecular formula is C19H20BrN5OS2. The van der Waals surface area contributed by atoms with Crippen LogP contribution in [0.1, 0.15) is 34.5 Å². The first-order valence-corrected chi connectivity index (χ1v) is 11.5. The van der Waals surface area contributed by atoms with Gasteiger partial charge >= 0.3 is 0 Å². The molecule has 0 aliphatic carbocycles. The molecule has 28 heavy (non-hydrogen) atoms. The highest BCUT2D eigenvalue weighted by molar-refractivity contribution is 9.10. The highest BCUT2D eigenvalue weighted by Crippen LogP contribution is 2.24. The first-order chi connectivity index (χ1) is 13.5. The van der Waals surface area contributed by atoms with Crippen LogP contribution < -0.4 is 0 Å². The van der Waals surface area contributed by atoms with E-state index in [-0.39, 0.29) is 5.78 Å². The van der Waals surface area contributed by atoms with Crippen molar-refractivity contribution in [1.29, 1.82) is 0 Å². The Balaban J connectivity index is 1.65. The molecule has 0 amide bonds. The van der Waals surface area contributed by atoms with E-state index < -0.39 is 0 Å². The lowest BCUT2D eigenvalue weighted by Gasteiger charge is -2.07. The summed E-state index contributed by atoms with van der Waals surface area (Å²) in [7, 11) is 0. The van der Waals surface area contributed by atoms with Crippen molar-refractivity contribution >= 4 is 45.2 Å². The van der Waals surface area contributed by atoms with Crippen molar-refractivity contribution in [3.63, 3.8) is 0 Å². The number of nitrogens with zero attached hydrogens (tertiary/aromatic N) is 5. The number of ketones is 1. The summed E-state index contributed by atoms with van der Waals surface area (Å²) < 4.78 is 2.93. The first-order valence-electron chi connectivity index (χ1n) is 8.75. The van der Waals surface area contributed by atoms with Crippen LogP contribution >= 0.6 is 39.5 Å². The van der Waals surface area contributed by atoms with Gasteiger partial charge in [-0.25, -0.2) is 9.97 Å². The average molecular weight is 478 g/mol. The molecule has 0 bridgehead atoms. The summed E-state index contributed by atoms with van der Waals surface area (Å²) in [5.41, 5.74) is 2.59. The Morgan fingerprint density at radius 2 is 1.86 bits per heavy atom. The van der Waals surface area contributed by atoms with Crippen molar-refractivity contribution in [3.05, 3.63) is 57.6 Å². The van der Waals surface area contributed by atoms with Crippen molar-refractivity contribution in [2.24, 2.45) is 0 Å². The zero-order chi connectivity index (χ0) is 20.1. The topological polar surface area (TPSA) is 73.6 Å². The number of aromatic nitrogens is 5. The second kappa shape index (κ2) is 9.67. The maximum Gasteiger partial charge on any atom is 0.191 e. The van der Waals surface area contributed by atoms with Crippen LogP contribution in [0.15, 0.2) is 45.1 Å². The third kappa shape index (κ3) is 5.42. The predicted octanol–water partition coefficient (Wildman–Crippen LogP) is 4.73. The van der Waals surface area contributed by atoms with Crippen molar-refractivity contribution in [3.8, 4) is 0 Å². The number of Topliss-reactive ketones (excluding diaryl/α,β-unsaturated/α-hetero) is 1. The summed E-state index contributed by atoms with van der Waals surface area (Å²) in [6, 6.07) is 9.38. The summed E-state index contributed by atoms with van der Waals surface area (Å²) in [4.78, 5) is 21.3. The van der Waals surface area contributed by atoms with Crippen LogP contribution in [0.3, 0.4) is 0 Å². The monoisotopic (exact) mass is 477 g/mol. The minimum Gasteiger partial charge on any atom is -0.306 e. The Morgan fingerprint density at radius 3 is 2.54 bits per heavy atom. The molecule has 0 unspecified atom stereocenters. The molecule has 2 aromatic heterocycles. The van der Waals surface area contributed by atoms with Crippen LogP contribution in [0, 0.1) is 13.8 Å². The SMILES string of the molecule is CCn1c(CSc2nc(C)cc(C)n2)nnc1SCC(=O)c1cccc(Br)c1. The van der Waals surface area contributed by atoms with Crippen LogP contribution in [0.4, 0.5) is 0 Å². The number of thioether (sulfide) groups is 2. The van der Waals surface area contributed by atoms with Gasteiger partial charge in [0.15, 0.2) is 16.1 Å². The quantitative estimate of drug-likeness (QED) is 0.263. The molecule has 0 spiro atoms. The lowest BCUT2D eigenvalue weighted by molar-refractivity contribution is 0.102. The van der Waals surface area contributed by atoms with Gasteiger partial charge in [-0.05, 0) is 39.0 Å². The molecule has 3 aromatic rings. The molecule has 0 saturated carbocycles. The summed E-state index contributed by atoms with van der Waals surface area (Å²) in [5, 5.41) is 10.1. The third-order valence-corrected chi connectivity index (χ3v) is 6.18. The van der Waals surface area contributed by atoms with Gasteiger partial charge in [-0.2, -0.15) is 0 Å². The molecule has 6 nitrogen and oxygen atoms in total. The number of rotatable bonds is 8. The number of carbonyl (C=O) groups is 1. The van der Waals surface area contributed by atoms with E-state index in [2.05, 4.69) is 36.1 Å². The smallest absolute Gasteiger partial charge is 0.191 e. The molecule has 9 heteroatoms. The van der Waals surface area contributed by atoms with E-state index in [1.54, 1.807) is 11.8 Å². The zero-order valence-corrected chi connectivity index (χ0v) is 19.1. The molecule has 3 rings (SSSR count). The van der Waals surface area contributed by atoms with Crippen molar-refractivity contribution in [1.82, 2.24) is 24.7 Å². The van der Waals surface area contributed by atoms with Gasteiger partial charge < -0.3 is 4.57 Å². The summed E-state index contributed by atoms with van der Waals surface area (Å²) in [5.74, 6) is 1.87. The van der Waals surface area contributed by atoms with E-state index >= 15 is 0 Å². The van der Waals surface area contributed by atoms with Crippen molar-refractivity contribution in [2.45, 2.75) is 43.4 Å². The largest absolute Gasteiger partial charge is 0.306 e. The lowest BCUT2D eigenvalue weighted by Crippen LogP contribution is -2.06. The van der Waals surface area contributed by atoms with Gasteiger partial charge in [0, 0.05) is 28.0 Å². The van der Waals surface area contributed by atoms with E-state index in [0.29, 0.717) is 17.1 Å². The highest BCUT2D eigenvalue weighted by atomic mass is 79.9. The number of aryl methyl sites for hydroxylation is 2. The molecule has 0 N–H and O–H groups in total. The molecule has 0 aliphatic rings. The Labute approximate surface area is 181 Å². The van der Waals surface area contributed by atoms with Crippen LogP contribution in [0.25, 0.3) is 0 Å². The second-order valence-corrected chi connectivity index (χ2v) is 8.89. The molecule has 0 fully saturated rings. The Kier molecular flexibility index (Phi) is 7.25. The number of hydrogen-bond acceptors (Lipinski definition) is 7. The number of benzene rings is 1. The Hall–Kier alpha value is -1.71. The normalized spacial score (nSPS) is 11.0. The van der Waals surface area contributed by atoms with Crippen molar-refractivity contribution in [2.75, 3.05) is 5.75 Å². The van der Waals surface area contributed by atoms with E-state index in [1.807, 2.05) is 55.7 Å². The van der Waals surface area contributed by atoms with Gasteiger partial charge in [-0.3, -0.25) is 4.79 Å². The minimum atomic E-state index is 0.0662. The Morgan fingerprint density at radius 1 is 1.11 bits per heavy atom. The van der Waals surface area contributed by atoms with Gasteiger partial charge in [-0.1, -0.05) is 51.6 Å². The Bertz CT molecular complexity index is 972. The first kappa shape index (κ1) is 21.0. The number of carbonyl (C=O) groups excluding carboxylic acids is 1. The standard InChI is InChI=1S/C19H20BrN5OS2/c1-4-25-17(11-27-18-21-12(2)8-13(3)22-18)23-24-19(25)28-10-16(26)14-6-5-7-15(20)9-14/h5-9H,4,10-11H2,1-3H3. The molecule has 146 valence electrons. The molecule has 1 aromatic carbocycles. The van der Waals surface area contributed by atoms with Gasteiger partial charge in [0.25, 0.3) is 0 Å². The fourth-order valence-corrected chi connectivity index (χ4v) is 4.82. The molecule has 0 atom stereocenters. The van der Waals surface area contributed by atoms with Crippen LogP contribution in [-0.4, -0.2) is 36.3 Å². The zero-order valence-electron chi connectivity index (χ0n) is 15.8. The summed E-state index contributed by atoms with van der Waals surface area (Å²) in [6.07, 6.45) is 0. The molecular weight excluding hydrogens is 458 g/mol. The van der Waals surface area contributed by atoms with Gasteiger partial charge in [0.1, 0.15) is 5.82 Å². The third-order valence-electron chi connectivity index (χ3n) is 3.88. The van der Waals surface area contributed by atoms with Crippen LogP contribution in [0.5, 0.6) is 0 Å². The fraction of sp³-hybridized carbons (Fsp3) is 0.316. The maximum atomic E-state index is 12.4. The molecule has 2 heterocycles. The van der Waals surface area contributed by atoms with Gasteiger partial charge in [0.2, 0.25) is 0 Å². The van der Waals surface area contributed by atoms with Crippen LogP contribution in [0.2, 0.25) is 0 Å². The van der Waals surface area contributed by atoms with E-state index in [4.69, 9.17) is 0 Å². The maximum absolute atomic E-state index is 12.4. The van der Waals surface area contributed by atoms with Crippen molar-refractivity contribution < 1.29 is 4.79 Å². The summed E-state index contributed by atoms with van der Waals surface area (Å²) in [6.45, 7) is 6.71. The lowest BCUT2D eigenvalue weighted by atomic mass is 10.2. The number of hydrogen-bond donors (Lipinski definition) is 0.